The summed E-state index contributed by atoms with van der Waals surface area (Å²) in [4.78, 5) is 14.9. The Bertz CT molecular complexity index is 215. The minimum absolute atomic E-state index is 0.286. The smallest absolute Gasteiger partial charge is 0.209 e. The second-order valence-electron chi connectivity index (χ2n) is 4.59. The standard InChI is InChI=1S/C11H20N2O2/c14-8-11-2-1-5-13(11)10-3-6-12(9-15)7-4-10/h9-11,14H,1-8H2/t11-/m1/s1. The summed E-state index contributed by atoms with van der Waals surface area (Å²) in [5.41, 5.74) is 0. The average Bonchev–Trinajstić information content (AvgIpc) is 2.77. The summed E-state index contributed by atoms with van der Waals surface area (Å²) < 4.78 is 0. The van der Waals surface area contributed by atoms with Crippen LogP contribution in [0.3, 0.4) is 0 Å². The monoisotopic (exact) mass is 212 g/mol. The first-order valence-electron chi connectivity index (χ1n) is 5.91. The molecule has 2 saturated heterocycles. The minimum atomic E-state index is 0.286. The quantitative estimate of drug-likeness (QED) is 0.673. The third kappa shape index (κ3) is 2.32. The highest BCUT2D eigenvalue weighted by atomic mass is 16.3. The number of rotatable bonds is 3. The second-order valence-corrected chi connectivity index (χ2v) is 4.59. The molecule has 2 aliphatic heterocycles. The molecule has 0 bridgehead atoms. The summed E-state index contributed by atoms with van der Waals surface area (Å²) in [5, 5.41) is 9.26. The molecule has 2 heterocycles. The highest BCUT2D eigenvalue weighted by molar-refractivity contribution is 5.47. The second kappa shape index (κ2) is 4.94. The lowest BCUT2D eigenvalue weighted by atomic mass is 10.0. The first kappa shape index (κ1) is 10.9. The van der Waals surface area contributed by atoms with Crippen molar-refractivity contribution in [3.63, 3.8) is 0 Å². The van der Waals surface area contributed by atoms with Crippen molar-refractivity contribution in [3.8, 4) is 0 Å². The summed E-state index contributed by atoms with van der Waals surface area (Å²) in [6, 6.07) is 0.957. The molecule has 2 rings (SSSR count). The molecular weight excluding hydrogens is 192 g/mol. The average molecular weight is 212 g/mol. The van der Waals surface area contributed by atoms with Gasteiger partial charge in [0.2, 0.25) is 6.41 Å². The van der Waals surface area contributed by atoms with Gasteiger partial charge in [0.1, 0.15) is 0 Å². The fourth-order valence-corrected chi connectivity index (χ4v) is 2.86. The van der Waals surface area contributed by atoms with Gasteiger partial charge < -0.3 is 10.0 Å². The largest absolute Gasteiger partial charge is 0.395 e. The molecule has 1 amide bonds. The van der Waals surface area contributed by atoms with E-state index in [4.69, 9.17) is 0 Å². The molecule has 0 spiro atoms. The van der Waals surface area contributed by atoms with Gasteiger partial charge in [-0.3, -0.25) is 9.69 Å². The first-order chi connectivity index (χ1) is 7.35. The first-order valence-corrected chi connectivity index (χ1v) is 5.91. The number of hydrogen-bond acceptors (Lipinski definition) is 3. The lowest BCUT2D eigenvalue weighted by Gasteiger charge is -2.37. The van der Waals surface area contributed by atoms with E-state index in [0.717, 1.165) is 45.3 Å². The summed E-state index contributed by atoms with van der Waals surface area (Å²) in [6.07, 6.45) is 5.41. The van der Waals surface area contributed by atoms with E-state index in [1.165, 1.54) is 6.42 Å². The number of nitrogens with zero attached hydrogens (tertiary/aromatic N) is 2. The minimum Gasteiger partial charge on any atom is -0.395 e. The molecule has 0 aliphatic carbocycles. The van der Waals surface area contributed by atoms with Gasteiger partial charge in [-0.2, -0.15) is 0 Å². The zero-order chi connectivity index (χ0) is 10.7. The van der Waals surface area contributed by atoms with E-state index < -0.39 is 0 Å². The number of carbonyl (C=O) groups excluding carboxylic acids is 1. The Kier molecular flexibility index (Phi) is 3.59. The Morgan fingerprint density at radius 3 is 2.53 bits per heavy atom. The number of hydrogen-bond donors (Lipinski definition) is 1. The fraction of sp³-hybridized carbons (Fsp3) is 0.909. The van der Waals surface area contributed by atoms with Crippen molar-refractivity contribution in [1.82, 2.24) is 9.80 Å². The van der Waals surface area contributed by atoms with E-state index in [9.17, 15) is 9.90 Å². The van der Waals surface area contributed by atoms with Crippen LogP contribution in [0.15, 0.2) is 0 Å². The molecular formula is C11H20N2O2. The Balaban J connectivity index is 1.86. The van der Waals surface area contributed by atoms with Crippen molar-refractivity contribution in [2.45, 2.75) is 37.8 Å². The van der Waals surface area contributed by atoms with Gasteiger partial charge in [-0.05, 0) is 32.2 Å². The molecule has 4 nitrogen and oxygen atoms in total. The number of amides is 1. The molecule has 0 unspecified atom stereocenters. The lowest BCUT2D eigenvalue weighted by Crippen LogP contribution is -2.47. The molecule has 0 saturated carbocycles. The van der Waals surface area contributed by atoms with Gasteiger partial charge in [-0.15, -0.1) is 0 Å². The fourth-order valence-electron chi connectivity index (χ4n) is 2.86. The third-order valence-corrected chi connectivity index (χ3v) is 3.75. The number of piperidine rings is 1. The summed E-state index contributed by atoms with van der Waals surface area (Å²) >= 11 is 0. The maximum absolute atomic E-state index is 10.6. The van der Waals surface area contributed by atoms with E-state index in [0.29, 0.717) is 12.1 Å². The highest BCUT2D eigenvalue weighted by Crippen LogP contribution is 2.25. The van der Waals surface area contributed by atoms with E-state index in [1.54, 1.807) is 0 Å². The molecule has 1 N–H and O–H groups in total. The van der Waals surface area contributed by atoms with Crippen molar-refractivity contribution in [3.05, 3.63) is 0 Å². The number of carbonyl (C=O) groups is 1. The van der Waals surface area contributed by atoms with Crippen molar-refractivity contribution in [2.24, 2.45) is 0 Å². The Morgan fingerprint density at radius 1 is 1.20 bits per heavy atom. The predicted molar refractivity (Wildman–Crippen MR) is 57.5 cm³/mol. The van der Waals surface area contributed by atoms with E-state index in [-0.39, 0.29) is 6.61 Å². The maximum atomic E-state index is 10.6. The van der Waals surface area contributed by atoms with Crippen LogP contribution in [0.5, 0.6) is 0 Å². The molecule has 0 aromatic heterocycles. The van der Waals surface area contributed by atoms with Crippen LogP contribution in [0.4, 0.5) is 0 Å². The van der Waals surface area contributed by atoms with Gasteiger partial charge in [0, 0.05) is 25.2 Å². The number of aliphatic hydroxyl groups is 1. The van der Waals surface area contributed by atoms with Crippen LogP contribution in [0, 0.1) is 0 Å². The molecule has 1 atom stereocenters. The van der Waals surface area contributed by atoms with Gasteiger partial charge in [0.15, 0.2) is 0 Å². The SMILES string of the molecule is O=CN1CCC(N2CCC[C@@H]2CO)CC1. The normalized spacial score (nSPS) is 29.7. The molecule has 4 heteroatoms. The zero-order valence-corrected chi connectivity index (χ0v) is 9.14. The van der Waals surface area contributed by atoms with Crippen LogP contribution < -0.4 is 0 Å². The van der Waals surface area contributed by atoms with Crippen molar-refractivity contribution in [1.29, 1.82) is 0 Å². The molecule has 15 heavy (non-hydrogen) atoms. The van der Waals surface area contributed by atoms with Gasteiger partial charge in [0.05, 0.1) is 6.61 Å². The van der Waals surface area contributed by atoms with Crippen LogP contribution in [0.25, 0.3) is 0 Å². The maximum Gasteiger partial charge on any atom is 0.209 e. The van der Waals surface area contributed by atoms with E-state index in [1.807, 2.05) is 4.90 Å². The summed E-state index contributed by atoms with van der Waals surface area (Å²) in [6.45, 7) is 3.16. The van der Waals surface area contributed by atoms with E-state index >= 15 is 0 Å². The van der Waals surface area contributed by atoms with Crippen LogP contribution in [0.1, 0.15) is 25.7 Å². The van der Waals surface area contributed by atoms with Crippen molar-refractivity contribution in [2.75, 3.05) is 26.2 Å². The number of aliphatic hydroxyl groups excluding tert-OH is 1. The molecule has 2 aliphatic rings. The van der Waals surface area contributed by atoms with Crippen LogP contribution in [-0.4, -0.2) is 59.6 Å². The topological polar surface area (TPSA) is 43.8 Å². The van der Waals surface area contributed by atoms with Crippen LogP contribution in [-0.2, 0) is 4.79 Å². The molecule has 86 valence electrons. The van der Waals surface area contributed by atoms with Gasteiger partial charge in [0.25, 0.3) is 0 Å². The summed E-state index contributed by atoms with van der Waals surface area (Å²) in [5.74, 6) is 0. The zero-order valence-electron chi connectivity index (χ0n) is 9.14. The van der Waals surface area contributed by atoms with Crippen molar-refractivity contribution >= 4 is 6.41 Å². The molecule has 0 radical (unpaired) electrons. The Morgan fingerprint density at radius 2 is 1.93 bits per heavy atom. The predicted octanol–water partition coefficient (Wildman–Crippen LogP) is 0.0639. The lowest BCUT2D eigenvalue weighted by molar-refractivity contribution is -0.119. The van der Waals surface area contributed by atoms with Crippen LogP contribution >= 0.6 is 0 Å². The van der Waals surface area contributed by atoms with Gasteiger partial charge in [-0.25, -0.2) is 0 Å². The highest BCUT2D eigenvalue weighted by Gasteiger charge is 2.31. The molecule has 0 aromatic rings. The summed E-state index contributed by atoms with van der Waals surface area (Å²) in [7, 11) is 0. The van der Waals surface area contributed by atoms with Crippen LogP contribution in [0.2, 0.25) is 0 Å². The van der Waals surface area contributed by atoms with Crippen molar-refractivity contribution < 1.29 is 9.90 Å². The molecule has 2 fully saturated rings. The number of likely N-dealkylation sites (tertiary alicyclic amines) is 2. The molecule has 0 aromatic carbocycles. The third-order valence-electron chi connectivity index (χ3n) is 3.75. The van der Waals surface area contributed by atoms with Gasteiger partial charge >= 0.3 is 0 Å². The van der Waals surface area contributed by atoms with E-state index in [2.05, 4.69) is 4.90 Å². The Hall–Kier alpha value is -0.610. The van der Waals surface area contributed by atoms with Gasteiger partial charge in [-0.1, -0.05) is 0 Å². The Labute approximate surface area is 90.9 Å².